The first-order valence-corrected chi connectivity index (χ1v) is 4.53. The van der Waals surface area contributed by atoms with Gasteiger partial charge >= 0.3 is 0 Å². The molecule has 14 heavy (non-hydrogen) atoms. The molecule has 2 rings (SSSR count). The van der Waals surface area contributed by atoms with E-state index in [0.29, 0.717) is 6.54 Å². The average molecular weight is 191 g/mol. The van der Waals surface area contributed by atoms with E-state index in [1.807, 2.05) is 26.0 Å². The van der Waals surface area contributed by atoms with E-state index in [-0.39, 0.29) is 0 Å². The number of aromatic amines is 1. The van der Waals surface area contributed by atoms with E-state index in [1.165, 1.54) is 0 Å². The molecule has 4 nitrogen and oxygen atoms in total. The van der Waals surface area contributed by atoms with Gasteiger partial charge in [-0.1, -0.05) is 0 Å². The summed E-state index contributed by atoms with van der Waals surface area (Å²) in [6, 6.07) is 3.84. The van der Waals surface area contributed by atoms with Crippen LogP contribution in [0.4, 0.5) is 0 Å². The van der Waals surface area contributed by atoms with Crippen molar-refractivity contribution in [3.63, 3.8) is 0 Å². The fraction of sp³-hybridized carbons (Fsp3) is 0.300. The Hall–Kier alpha value is -1.55. The molecule has 2 heterocycles. The summed E-state index contributed by atoms with van der Waals surface area (Å²) in [7, 11) is 0. The molecule has 0 saturated heterocycles. The molecular formula is C10H13N3O. The van der Waals surface area contributed by atoms with Gasteiger partial charge in [-0.3, -0.25) is 0 Å². The van der Waals surface area contributed by atoms with E-state index < -0.39 is 0 Å². The Morgan fingerprint density at radius 3 is 2.71 bits per heavy atom. The van der Waals surface area contributed by atoms with Gasteiger partial charge in [0.05, 0.1) is 6.54 Å². The molecule has 0 spiro atoms. The van der Waals surface area contributed by atoms with Crippen molar-refractivity contribution >= 4 is 0 Å². The predicted molar refractivity (Wildman–Crippen MR) is 53.7 cm³/mol. The van der Waals surface area contributed by atoms with Crippen LogP contribution in [0.1, 0.15) is 17.3 Å². The summed E-state index contributed by atoms with van der Waals surface area (Å²) < 4.78 is 5.48. The number of furan rings is 1. The van der Waals surface area contributed by atoms with E-state index in [0.717, 1.165) is 28.7 Å². The molecule has 0 atom stereocenters. The van der Waals surface area contributed by atoms with Crippen molar-refractivity contribution in [3.8, 4) is 11.5 Å². The third kappa shape index (κ3) is 1.44. The molecule has 0 amide bonds. The largest absolute Gasteiger partial charge is 0.460 e. The number of nitrogens with two attached hydrogens (primary N) is 1. The van der Waals surface area contributed by atoms with Crippen molar-refractivity contribution in [1.29, 1.82) is 0 Å². The zero-order chi connectivity index (χ0) is 10.1. The Kier molecular flexibility index (Phi) is 2.13. The van der Waals surface area contributed by atoms with Gasteiger partial charge in [0.25, 0.3) is 0 Å². The Labute approximate surface area is 82.1 Å². The van der Waals surface area contributed by atoms with Crippen LogP contribution in [0.15, 0.2) is 16.5 Å². The average Bonchev–Trinajstić information content (AvgIpc) is 2.71. The number of nitrogens with zero attached hydrogens (tertiary/aromatic N) is 1. The van der Waals surface area contributed by atoms with Crippen LogP contribution in [0, 0.1) is 13.8 Å². The van der Waals surface area contributed by atoms with Crippen molar-refractivity contribution < 1.29 is 4.42 Å². The van der Waals surface area contributed by atoms with Crippen LogP contribution in [0.5, 0.6) is 0 Å². The van der Waals surface area contributed by atoms with Crippen LogP contribution in [0.2, 0.25) is 0 Å². The Balaban J connectivity index is 2.45. The fourth-order valence-electron chi connectivity index (χ4n) is 1.42. The molecule has 0 aromatic carbocycles. The minimum absolute atomic E-state index is 0.417. The van der Waals surface area contributed by atoms with E-state index in [4.69, 9.17) is 10.2 Å². The molecule has 0 saturated carbocycles. The number of rotatable bonds is 2. The van der Waals surface area contributed by atoms with E-state index >= 15 is 0 Å². The van der Waals surface area contributed by atoms with Gasteiger partial charge in [-0.15, -0.1) is 0 Å². The van der Waals surface area contributed by atoms with Gasteiger partial charge in [-0.05, 0) is 26.0 Å². The first-order valence-electron chi connectivity index (χ1n) is 4.53. The quantitative estimate of drug-likeness (QED) is 0.759. The topological polar surface area (TPSA) is 67.8 Å². The molecule has 4 heteroatoms. The van der Waals surface area contributed by atoms with E-state index in [1.54, 1.807) is 0 Å². The fourth-order valence-corrected chi connectivity index (χ4v) is 1.42. The Morgan fingerprint density at radius 1 is 1.43 bits per heavy atom. The predicted octanol–water partition coefficient (Wildman–Crippen LogP) is 1.75. The number of hydrogen-bond acceptors (Lipinski definition) is 3. The lowest BCUT2D eigenvalue weighted by molar-refractivity contribution is 0.546. The Morgan fingerprint density at radius 2 is 2.21 bits per heavy atom. The lowest BCUT2D eigenvalue weighted by Gasteiger charge is -1.91. The van der Waals surface area contributed by atoms with Crippen LogP contribution >= 0.6 is 0 Å². The molecule has 0 fully saturated rings. The second-order valence-electron chi connectivity index (χ2n) is 3.27. The molecule has 0 unspecified atom stereocenters. The molecule has 2 aromatic rings. The summed E-state index contributed by atoms with van der Waals surface area (Å²) >= 11 is 0. The molecular weight excluding hydrogens is 178 g/mol. The maximum atomic E-state index is 5.49. The number of imidazole rings is 1. The lowest BCUT2D eigenvalue weighted by Crippen LogP contribution is -1.97. The molecule has 0 aliphatic heterocycles. The molecule has 0 radical (unpaired) electrons. The van der Waals surface area contributed by atoms with Gasteiger partial charge in [0, 0.05) is 5.69 Å². The van der Waals surface area contributed by atoms with Gasteiger partial charge in [0.15, 0.2) is 5.76 Å². The maximum absolute atomic E-state index is 5.49. The van der Waals surface area contributed by atoms with Crippen molar-refractivity contribution in [3.05, 3.63) is 29.4 Å². The highest BCUT2D eigenvalue weighted by Gasteiger charge is 2.10. The van der Waals surface area contributed by atoms with Gasteiger partial charge in [0.1, 0.15) is 17.3 Å². The summed E-state index contributed by atoms with van der Waals surface area (Å²) in [5.74, 6) is 2.46. The second-order valence-corrected chi connectivity index (χ2v) is 3.27. The highest BCUT2D eigenvalue weighted by molar-refractivity contribution is 5.55. The third-order valence-electron chi connectivity index (χ3n) is 2.10. The number of aromatic nitrogens is 2. The second kappa shape index (κ2) is 3.31. The van der Waals surface area contributed by atoms with Gasteiger partial charge in [-0.25, -0.2) is 4.98 Å². The van der Waals surface area contributed by atoms with Gasteiger partial charge in [-0.2, -0.15) is 0 Å². The lowest BCUT2D eigenvalue weighted by atomic mass is 10.3. The normalized spacial score (nSPS) is 10.8. The molecule has 0 aliphatic rings. The maximum Gasteiger partial charge on any atom is 0.154 e. The van der Waals surface area contributed by atoms with Crippen molar-refractivity contribution in [2.75, 3.05) is 0 Å². The number of nitrogens with one attached hydrogen (secondary N) is 1. The zero-order valence-electron chi connectivity index (χ0n) is 8.29. The van der Waals surface area contributed by atoms with Crippen LogP contribution in [-0.4, -0.2) is 9.97 Å². The van der Waals surface area contributed by atoms with Gasteiger partial charge < -0.3 is 15.1 Å². The third-order valence-corrected chi connectivity index (χ3v) is 2.10. The first kappa shape index (κ1) is 9.02. The molecule has 0 bridgehead atoms. The number of hydrogen-bond donors (Lipinski definition) is 2. The number of H-pyrrole nitrogens is 1. The van der Waals surface area contributed by atoms with Crippen molar-refractivity contribution in [2.45, 2.75) is 20.4 Å². The monoisotopic (exact) mass is 191 g/mol. The molecule has 3 N–H and O–H groups in total. The number of aryl methyl sites for hydroxylation is 2. The summed E-state index contributed by atoms with van der Waals surface area (Å²) in [6.07, 6.45) is 0. The van der Waals surface area contributed by atoms with Crippen LogP contribution < -0.4 is 5.73 Å². The van der Waals surface area contributed by atoms with E-state index in [2.05, 4.69) is 9.97 Å². The summed E-state index contributed by atoms with van der Waals surface area (Å²) in [5.41, 5.74) is 7.32. The van der Waals surface area contributed by atoms with E-state index in [9.17, 15) is 0 Å². The van der Waals surface area contributed by atoms with Crippen molar-refractivity contribution in [2.24, 2.45) is 5.73 Å². The zero-order valence-corrected chi connectivity index (χ0v) is 8.29. The highest BCUT2D eigenvalue weighted by atomic mass is 16.3. The SMILES string of the molecule is Cc1ccc(-c2nc(CN)[nH]c2C)o1. The van der Waals surface area contributed by atoms with Crippen molar-refractivity contribution in [1.82, 2.24) is 9.97 Å². The summed E-state index contributed by atoms with van der Waals surface area (Å²) in [5, 5.41) is 0. The highest BCUT2D eigenvalue weighted by Crippen LogP contribution is 2.22. The van der Waals surface area contributed by atoms with Crippen LogP contribution in [0.3, 0.4) is 0 Å². The molecule has 74 valence electrons. The van der Waals surface area contributed by atoms with Crippen LogP contribution in [0.25, 0.3) is 11.5 Å². The smallest absolute Gasteiger partial charge is 0.154 e. The minimum Gasteiger partial charge on any atom is -0.460 e. The summed E-state index contributed by atoms with van der Waals surface area (Å²) in [4.78, 5) is 7.44. The van der Waals surface area contributed by atoms with Gasteiger partial charge in [0.2, 0.25) is 0 Å². The van der Waals surface area contributed by atoms with Crippen LogP contribution in [-0.2, 0) is 6.54 Å². The summed E-state index contributed by atoms with van der Waals surface area (Å²) in [6.45, 7) is 4.29. The Bertz CT molecular complexity index is 442. The first-order chi connectivity index (χ1) is 6.70. The minimum atomic E-state index is 0.417. The molecule has 2 aromatic heterocycles. The standard InChI is InChI=1S/C10H13N3O/c1-6-3-4-8(14-6)10-7(2)12-9(5-11)13-10/h3-4H,5,11H2,1-2H3,(H,12,13). The molecule has 0 aliphatic carbocycles.